The van der Waals surface area contributed by atoms with E-state index in [-0.39, 0.29) is 5.56 Å². The standard InChI is InChI=1S/C21H13FN2O/c1-14-11-19(20(13-23)21(25)24-14)18-10-9-17(22)12-16(18)8-7-15-5-3-2-4-6-15/h2-6,9-12H,1H3,(H,24,25). The minimum Gasteiger partial charge on any atom is -0.325 e. The summed E-state index contributed by atoms with van der Waals surface area (Å²) in [6.45, 7) is 1.73. The van der Waals surface area contributed by atoms with Crippen LogP contribution < -0.4 is 5.56 Å². The van der Waals surface area contributed by atoms with Crippen LogP contribution in [0.1, 0.15) is 22.4 Å². The van der Waals surface area contributed by atoms with Gasteiger partial charge in [0.1, 0.15) is 17.4 Å². The summed E-state index contributed by atoms with van der Waals surface area (Å²) in [5.41, 5.74) is 2.34. The van der Waals surface area contributed by atoms with Crippen LogP contribution in [0.3, 0.4) is 0 Å². The van der Waals surface area contributed by atoms with Gasteiger partial charge in [0.2, 0.25) is 0 Å². The summed E-state index contributed by atoms with van der Waals surface area (Å²) in [5, 5.41) is 9.32. The van der Waals surface area contributed by atoms with E-state index in [4.69, 9.17) is 0 Å². The second-order valence-corrected chi connectivity index (χ2v) is 5.49. The van der Waals surface area contributed by atoms with Crippen molar-refractivity contribution in [1.29, 1.82) is 5.26 Å². The molecule has 3 nitrogen and oxygen atoms in total. The van der Waals surface area contributed by atoms with Gasteiger partial charge in [-0.05, 0) is 42.8 Å². The van der Waals surface area contributed by atoms with Crippen LogP contribution in [0.4, 0.5) is 4.39 Å². The zero-order valence-corrected chi connectivity index (χ0v) is 13.4. The number of pyridine rings is 1. The molecular weight excluding hydrogens is 315 g/mol. The summed E-state index contributed by atoms with van der Waals surface area (Å²) in [7, 11) is 0. The lowest BCUT2D eigenvalue weighted by atomic mass is 9.96. The van der Waals surface area contributed by atoms with Gasteiger partial charge >= 0.3 is 0 Å². The van der Waals surface area contributed by atoms with Crippen LogP contribution in [0.2, 0.25) is 0 Å². The molecule has 1 aromatic heterocycles. The van der Waals surface area contributed by atoms with Gasteiger partial charge in [0.25, 0.3) is 5.56 Å². The van der Waals surface area contributed by atoms with Crippen LogP contribution in [-0.4, -0.2) is 4.98 Å². The van der Waals surface area contributed by atoms with Gasteiger partial charge in [-0.1, -0.05) is 36.1 Å². The highest BCUT2D eigenvalue weighted by atomic mass is 19.1. The first kappa shape index (κ1) is 16.2. The number of aromatic amines is 1. The molecule has 0 saturated carbocycles. The molecule has 0 fully saturated rings. The molecule has 2 aromatic carbocycles. The Hall–Kier alpha value is -3.63. The van der Waals surface area contributed by atoms with E-state index in [1.807, 2.05) is 36.4 Å². The third-order valence-electron chi connectivity index (χ3n) is 3.67. The van der Waals surface area contributed by atoms with Gasteiger partial charge in [-0.3, -0.25) is 4.79 Å². The third kappa shape index (κ3) is 3.49. The number of nitriles is 1. The second kappa shape index (κ2) is 6.86. The number of aryl methyl sites for hydroxylation is 1. The molecule has 0 atom stereocenters. The molecule has 0 aliphatic heterocycles. The average molecular weight is 328 g/mol. The first-order chi connectivity index (χ1) is 12.1. The van der Waals surface area contributed by atoms with Crippen molar-refractivity contribution in [2.45, 2.75) is 6.92 Å². The van der Waals surface area contributed by atoms with Gasteiger partial charge in [-0.15, -0.1) is 0 Å². The predicted octanol–water partition coefficient (Wildman–Crippen LogP) is 3.76. The van der Waals surface area contributed by atoms with Gasteiger partial charge in [0.05, 0.1) is 0 Å². The number of hydrogen-bond donors (Lipinski definition) is 1. The highest BCUT2D eigenvalue weighted by Crippen LogP contribution is 2.26. The normalized spacial score (nSPS) is 9.80. The number of aromatic nitrogens is 1. The number of benzene rings is 2. The van der Waals surface area contributed by atoms with Crippen molar-refractivity contribution in [3.8, 4) is 29.0 Å². The number of H-pyrrole nitrogens is 1. The van der Waals surface area contributed by atoms with Gasteiger partial charge in [0.15, 0.2) is 0 Å². The van der Waals surface area contributed by atoms with Crippen molar-refractivity contribution in [1.82, 2.24) is 4.98 Å². The van der Waals surface area contributed by atoms with Crippen molar-refractivity contribution >= 4 is 0 Å². The number of hydrogen-bond acceptors (Lipinski definition) is 2. The highest BCUT2D eigenvalue weighted by molar-refractivity contribution is 5.76. The van der Waals surface area contributed by atoms with E-state index in [9.17, 15) is 14.4 Å². The van der Waals surface area contributed by atoms with E-state index in [1.54, 1.807) is 19.1 Å². The molecule has 0 saturated heterocycles. The second-order valence-electron chi connectivity index (χ2n) is 5.49. The molecule has 0 unspecified atom stereocenters. The lowest BCUT2D eigenvalue weighted by Gasteiger charge is -2.08. The van der Waals surface area contributed by atoms with Crippen molar-refractivity contribution < 1.29 is 4.39 Å². The Labute approximate surface area is 144 Å². The smallest absolute Gasteiger partial charge is 0.266 e. The van der Waals surface area contributed by atoms with Gasteiger partial charge in [-0.25, -0.2) is 4.39 Å². The average Bonchev–Trinajstić information content (AvgIpc) is 2.60. The fourth-order valence-electron chi connectivity index (χ4n) is 2.53. The molecule has 0 bridgehead atoms. The molecule has 0 spiro atoms. The quantitative estimate of drug-likeness (QED) is 0.692. The lowest BCUT2D eigenvalue weighted by molar-refractivity contribution is 0.627. The summed E-state index contributed by atoms with van der Waals surface area (Å²) >= 11 is 0. The predicted molar refractivity (Wildman–Crippen MR) is 94.3 cm³/mol. The van der Waals surface area contributed by atoms with Gasteiger partial charge in [-0.2, -0.15) is 5.26 Å². The van der Waals surface area contributed by atoms with E-state index in [0.717, 1.165) is 5.56 Å². The summed E-state index contributed by atoms with van der Waals surface area (Å²) in [6, 6.07) is 17.1. The topological polar surface area (TPSA) is 56.6 Å². The summed E-state index contributed by atoms with van der Waals surface area (Å²) in [5.74, 6) is 5.50. The summed E-state index contributed by atoms with van der Waals surface area (Å²) < 4.78 is 13.7. The van der Waals surface area contributed by atoms with Crippen LogP contribution in [0.5, 0.6) is 0 Å². The summed E-state index contributed by atoms with van der Waals surface area (Å²) in [4.78, 5) is 14.6. The summed E-state index contributed by atoms with van der Waals surface area (Å²) in [6.07, 6.45) is 0. The maximum absolute atomic E-state index is 13.7. The Morgan fingerprint density at radius 3 is 2.48 bits per heavy atom. The Morgan fingerprint density at radius 1 is 1.00 bits per heavy atom. The number of nitrogens with one attached hydrogen (secondary N) is 1. The Balaban J connectivity index is 2.22. The van der Waals surface area contributed by atoms with Crippen molar-refractivity contribution in [2.24, 2.45) is 0 Å². The van der Waals surface area contributed by atoms with E-state index >= 15 is 0 Å². The fourth-order valence-corrected chi connectivity index (χ4v) is 2.53. The fraction of sp³-hybridized carbons (Fsp3) is 0.0476. The molecule has 1 heterocycles. The zero-order chi connectivity index (χ0) is 17.8. The maximum Gasteiger partial charge on any atom is 0.266 e. The number of nitrogens with zero attached hydrogens (tertiary/aromatic N) is 1. The van der Waals surface area contributed by atoms with Gasteiger partial charge < -0.3 is 4.98 Å². The molecule has 0 aliphatic rings. The SMILES string of the molecule is Cc1cc(-c2ccc(F)cc2C#Cc2ccccc2)c(C#N)c(=O)[nH]1. The van der Waals surface area contributed by atoms with E-state index in [0.29, 0.717) is 22.4 Å². The van der Waals surface area contributed by atoms with Crippen LogP contribution in [0, 0.1) is 35.9 Å². The first-order valence-corrected chi connectivity index (χ1v) is 7.59. The minimum atomic E-state index is -0.469. The van der Waals surface area contributed by atoms with Crippen molar-refractivity contribution in [2.75, 3.05) is 0 Å². The van der Waals surface area contributed by atoms with Crippen LogP contribution in [0.15, 0.2) is 59.4 Å². The van der Waals surface area contributed by atoms with Crippen LogP contribution in [0.25, 0.3) is 11.1 Å². The first-order valence-electron chi connectivity index (χ1n) is 7.59. The molecule has 0 radical (unpaired) electrons. The van der Waals surface area contributed by atoms with E-state index in [2.05, 4.69) is 16.8 Å². The molecule has 1 N–H and O–H groups in total. The third-order valence-corrected chi connectivity index (χ3v) is 3.67. The van der Waals surface area contributed by atoms with Crippen molar-refractivity contribution in [3.63, 3.8) is 0 Å². The molecule has 3 rings (SSSR count). The maximum atomic E-state index is 13.7. The molecule has 4 heteroatoms. The molecule has 0 aliphatic carbocycles. The number of rotatable bonds is 1. The highest BCUT2D eigenvalue weighted by Gasteiger charge is 2.13. The Morgan fingerprint density at radius 2 is 1.76 bits per heavy atom. The van der Waals surface area contributed by atoms with Crippen LogP contribution in [-0.2, 0) is 0 Å². The van der Waals surface area contributed by atoms with Crippen molar-refractivity contribution in [3.05, 3.63) is 93.2 Å². The molecule has 3 aromatic rings. The van der Waals surface area contributed by atoms with E-state index < -0.39 is 11.4 Å². The lowest BCUT2D eigenvalue weighted by Crippen LogP contribution is -2.13. The number of halogens is 1. The largest absolute Gasteiger partial charge is 0.325 e. The van der Waals surface area contributed by atoms with E-state index in [1.165, 1.54) is 12.1 Å². The monoisotopic (exact) mass is 328 g/mol. The molecule has 120 valence electrons. The van der Waals surface area contributed by atoms with Gasteiger partial charge in [0, 0.05) is 22.4 Å². The Kier molecular flexibility index (Phi) is 4.46. The zero-order valence-electron chi connectivity index (χ0n) is 13.4. The minimum absolute atomic E-state index is 0.0139. The van der Waals surface area contributed by atoms with Crippen LogP contribution >= 0.6 is 0 Å². The molecular formula is C21H13FN2O. The Bertz CT molecular complexity index is 1100. The molecule has 0 amide bonds. The molecule has 25 heavy (non-hydrogen) atoms.